The minimum atomic E-state index is -3.34. The summed E-state index contributed by atoms with van der Waals surface area (Å²) in [6.45, 7) is 2.28. The van der Waals surface area contributed by atoms with Crippen LogP contribution in [-0.4, -0.2) is 43.4 Å². The van der Waals surface area contributed by atoms with Crippen molar-refractivity contribution in [1.29, 1.82) is 0 Å². The number of H-pyrrole nitrogens is 1. The zero-order chi connectivity index (χ0) is 13.3. The maximum Gasteiger partial charge on any atom is 0.244 e. The van der Waals surface area contributed by atoms with E-state index >= 15 is 0 Å². The largest absolute Gasteiger partial charge is 0.366 e. The van der Waals surface area contributed by atoms with E-state index in [4.69, 9.17) is 0 Å². The highest BCUT2D eigenvalue weighted by Crippen LogP contribution is 2.32. The zero-order valence-corrected chi connectivity index (χ0v) is 11.8. The molecule has 1 saturated heterocycles. The molecular weight excluding hydrogens is 262 g/mol. The number of aromatic nitrogens is 1. The SMILES string of the molecule is O=S(=O)(c1cc[nH]c1)N(CC1CC1)CC1CCCN1. The molecule has 1 aromatic rings. The van der Waals surface area contributed by atoms with Gasteiger partial charge in [-0.3, -0.25) is 0 Å². The second-order valence-corrected chi connectivity index (χ2v) is 7.54. The van der Waals surface area contributed by atoms with E-state index < -0.39 is 10.0 Å². The molecule has 1 aromatic heterocycles. The molecule has 2 aliphatic rings. The minimum Gasteiger partial charge on any atom is -0.366 e. The van der Waals surface area contributed by atoms with Crippen LogP contribution in [0.4, 0.5) is 0 Å². The predicted molar refractivity (Wildman–Crippen MR) is 73.3 cm³/mol. The van der Waals surface area contributed by atoms with Gasteiger partial charge in [-0.2, -0.15) is 4.31 Å². The molecule has 1 atom stereocenters. The Labute approximate surface area is 114 Å². The van der Waals surface area contributed by atoms with E-state index in [1.54, 1.807) is 22.8 Å². The van der Waals surface area contributed by atoms with E-state index in [1.165, 1.54) is 0 Å². The molecule has 2 fully saturated rings. The van der Waals surface area contributed by atoms with Crippen LogP contribution in [0.15, 0.2) is 23.4 Å². The van der Waals surface area contributed by atoms with Gasteiger partial charge < -0.3 is 10.3 Å². The molecule has 1 saturated carbocycles. The topological polar surface area (TPSA) is 65.2 Å². The van der Waals surface area contributed by atoms with Crippen LogP contribution in [0, 0.1) is 5.92 Å². The highest BCUT2D eigenvalue weighted by atomic mass is 32.2. The van der Waals surface area contributed by atoms with Gasteiger partial charge in [0, 0.05) is 31.5 Å². The Bertz CT molecular complexity index is 502. The smallest absolute Gasteiger partial charge is 0.244 e. The Hall–Kier alpha value is -0.850. The fourth-order valence-corrected chi connectivity index (χ4v) is 4.17. The number of hydrogen-bond donors (Lipinski definition) is 2. The van der Waals surface area contributed by atoms with E-state index in [1.807, 2.05) is 0 Å². The average Bonchev–Trinajstić information content (AvgIpc) is 2.87. The number of hydrogen-bond acceptors (Lipinski definition) is 3. The second kappa shape index (κ2) is 5.26. The Morgan fingerprint density at radius 1 is 1.26 bits per heavy atom. The fraction of sp³-hybridized carbons (Fsp3) is 0.692. The van der Waals surface area contributed by atoms with E-state index in [-0.39, 0.29) is 0 Å². The summed E-state index contributed by atoms with van der Waals surface area (Å²) in [7, 11) is -3.34. The van der Waals surface area contributed by atoms with Crippen molar-refractivity contribution in [2.45, 2.75) is 36.6 Å². The van der Waals surface area contributed by atoms with Gasteiger partial charge >= 0.3 is 0 Å². The molecule has 0 radical (unpaired) electrons. The van der Waals surface area contributed by atoms with Crippen molar-refractivity contribution in [2.75, 3.05) is 19.6 Å². The summed E-state index contributed by atoms with van der Waals surface area (Å²) in [5.41, 5.74) is 0. The molecule has 0 spiro atoms. The van der Waals surface area contributed by atoms with Gasteiger partial charge in [-0.25, -0.2) is 8.42 Å². The molecule has 1 unspecified atom stereocenters. The van der Waals surface area contributed by atoms with Crippen LogP contribution in [0.5, 0.6) is 0 Å². The maximum absolute atomic E-state index is 12.6. The molecule has 0 aromatic carbocycles. The Morgan fingerprint density at radius 3 is 2.68 bits per heavy atom. The first-order valence-corrected chi connectivity index (χ1v) is 8.46. The molecule has 5 nitrogen and oxygen atoms in total. The van der Waals surface area contributed by atoms with Crippen LogP contribution >= 0.6 is 0 Å². The fourth-order valence-electron chi connectivity index (χ4n) is 2.64. The van der Waals surface area contributed by atoms with E-state index in [2.05, 4.69) is 10.3 Å². The van der Waals surface area contributed by atoms with E-state index in [9.17, 15) is 8.42 Å². The van der Waals surface area contributed by atoms with Crippen LogP contribution in [0.25, 0.3) is 0 Å². The third kappa shape index (κ3) is 3.01. The summed E-state index contributed by atoms with van der Waals surface area (Å²) >= 11 is 0. The molecule has 2 N–H and O–H groups in total. The predicted octanol–water partition coefficient (Wildman–Crippen LogP) is 1.17. The number of sulfonamides is 1. The molecule has 6 heteroatoms. The average molecular weight is 283 g/mol. The molecule has 3 rings (SSSR count). The maximum atomic E-state index is 12.6. The Balaban J connectivity index is 1.76. The van der Waals surface area contributed by atoms with Crippen molar-refractivity contribution >= 4 is 10.0 Å². The molecule has 2 heterocycles. The minimum absolute atomic E-state index is 0.312. The Morgan fingerprint density at radius 2 is 2.11 bits per heavy atom. The quantitative estimate of drug-likeness (QED) is 0.823. The van der Waals surface area contributed by atoms with Crippen molar-refractivity contribution in [3.63, 3.8) is 0 Å². The first kappa shape index (κ1) is 13.1. The number of rotatable bonds is 6. The lowest BCUT2D eigenvalue weighted by Crippen LogP contribution is -2.42. The highest BCUT2D eigenvalue weighted by molar-refractivity contribution is 7.89. The van der Waals surface area contributed by atoms with Gasteiger partial charge in [0.25, 0.3) is 0 Å². The molecule has 106 valence electrons. The van der Waals surface area contributed by atoms with Crippen molar-refractivity contribution in [1.82, 2.24) is 14.6 Å². The first-order valence-electron chi connectivity index (χ1n) is 7.02. The zero-order valence-electron chi connectivity index (χ0n) is 11.0. The summed E-state index contributed by atoms with van der Waals surface area (Å²) in [5, 5.41) is 3.38. The number of nitrogens with one attached hydrogen (secondary N) is 2. The third-order valence-electron chi connectivity index (χ3n) is 3.95. The summed E-state index contributed by atoms with van der Waals surface area (Å²) < 4.78 is 26.9. The second-order valence-electron chi connectivity index (χ2n) is 5.61. The van der Waals surface area contributed by atoms with Gasteiger partial charge in [0.05, 0.1) is 4.90 Å². The van der Waals surface area contributed by atoms with Crippen LogP contribution in [-0.2, 0) is 10.0 Å². The third-order valence-corrected chi connectivity index (χ3v) is 5.78. The first-order chi connectivity index (χ1) is 9.16. The van der Waals surface area contributed by atoms with Crippen molar-refractivity contribution in [3.8, 4) is 0 Å². The molecule has 19 heavy (non-hydrogen) atoms. The lowest BCUT2D eigenvalue weighted by atomic mass is 10.2. The van der Waals surface area contributed by atoms with Crippen LogP contribution < -0.4 is 5.32 Å². The van der Waals surface area contributed by atoms with Gasteiger partial charge in [-0.05, 0) is 44.2 Å². The molecule has 0 bridgehead atoms. The van der Waals surface area contributed by atoms with Crippen molar-refractivity contribution in [2.24, 2.45) is 5.92 Å². The number of nitrogens with zero attached hydrogens (tertiary/aromatic N) is 1. The van der Waals surface area contributed by atoms with Gasteiger partial charge in [-0.15, -0.1) is 0 Å². The van der Waals surface area contributed by atoms with Gasteiger partial charge in [0.1, 0.15) is 0 Å². The normalized spacial score (nSPS) is 24.2. The molecular formula is C13H21N3O2S. The van der Waals surface area contributed by atoms with Crippen LogP contribution in [0.2, 0.25) is 0 Å². The lowest BCUT2D eigenvalue weighted by Gasteiger charge is -2.24. The summed E-state index contributed by atoms with van der Waals surface area (Å²) in [6, 6.07) is 1.95. The van der Waals surface area contributed by atoms with Crippen LogP contribution in [0.1, 0.15) is 25.7 Å². The van der Waals surface area contributed by atoms with Crippen molar-refractivity contribution in [3.05, 3.63) is 18.5 Å². The molecule has 1 aliphatic carbocycles. The summed E-state index contributed by atoms with van der Waals surface area (Å²) in [5.74, 6) is 0.565. The Kier molecular flexibility index (Phi) is 3.64. The van der Waals surface area contributed by atoms with Gasteiger partial charge in [-0.1, -0.05) is 0 Å². The van der Waals surface area contributed by atoms with Crippen LogP contribution in [0.3, 0.4) is 0 Å². The van der Waals surface area contributed by atoms with Crippen molar-refractivity contribution < 1.29 is 8.42 Å². The van der Waals surface area contributed by atoms with Gasteiger partial charge in [0.2, 0.25) is 10.0 Å². The summed E-state index contributed by atoms with van der Waals surface area (Å²) in [4.78, 5) is 3.21. The molecule has 0 amide bonds. The number of aromatic amines is 1. The van der Waals surface area contributed by atoms with Gasteiger partial charge in [0.15, 0.2) is 0 Å². The standard InChI is InChI=1S/C13H21N3O2S/c17-19(18,13-5-7-14-8-13)16(9-11-3-4-11)10-12-2-1-6-15-12/h5,7-8,11-12,14-15H,1-4,6,9-10H2. The monoisotopic (exact) mass is 283 g/mol. The lowest BCUT2D eigenvalue weighted by molar-refractivity contribution is 0.358. The summed E-state index contributed by atoms with van der Waals surface area (Å²) in [6.07, 6.45) is 7.78. The van der Waals surface area contributed by atoms with E-state index in [0.29, 0.717) is 29.9 Å². The highest BCUT2D eigenvalue weighted by Gasteiger charge is 2.33. The van der Waals surface area contributed by atoms with E-state index in [0.717, 1.165) is 32.2 Å². The molecule has 1 aliphatic heterocycles.